The van der Waals surface area contributed by atoms with Crippen molar-refractivity contribution >= 4 is 17.4 Å². The van der Waals surface area contributed by atoms with Crippen LogP contribution in [0.5, 0.6) is 0 Å². The minimum Gasteiger partial charge on any atom is -0.355 e. The molecule has 1 rings (SSSR count). The van der Waals surface area contributed by atoms with Gasteiger partial charge in [-0.3, -0.25) is 14.9 Å². The molecule has 0 radical (unpaired) electrons. The van der Waals surface area contributed by atoms with Crippen molar-refractivity contribution in [2.24, 2.45) is 0 Å². The number of nitrogens with zero attached hydrogens (tertiary/aromatic N) is 3. The number of carbonyl (C=O) groups is 1. The standard InChI is InChI=1S/C11H16N4O3/c1-4-14(3)10(16)7-13-11-9(15(17)18)5-8(2)6-12-11/h5-6H,4,7H2,1-3H3,(H,12,13). The van der Waals surface area contributed by atoms with Gasteiger partial charge in [0.25, 0.3) is 0 Å². The van der Waals surface area contributed by atoms with Gasteiger partial charge in [0.15, 0.2) is 0 Å². The second kappa shape index (κ2) is 5.95. The molecule has 0 aliphatic heterocycles. The molecule has 7 nitrogen and oxygen atoms in total. The number of hydrogen-bond donors (Lipinski definition) is 1. The molecule has 1 heterocycles. The van der Waals surface area contributed by atoms with Crippen LogP contribution in [0.3, 0.4) is 0 Å². The van der Waals surface area contributed by atoms with Crippen molar-refractivity contribution in [3.8, 4) is 0 Å². The Morgan fingerprint density at radius 1 is 1.61 bits per heavy atom. The second-order valence-electron chi connectivity index (χ2n) is 3.90. The van der Waals surface area contributed by atoms with Crippen LogP contribution in [0.4, 0.5) is 11.5 Å². The first-order valence-electron chi connectivity index (χ1n) is 5.54. The Kier molecular flexibility index (Phi) is 4.59. The highest BCUT2D eigenvalue weighted by molar-refractivity contribution is 5.81. The van der Waals surface area contributed by atoms with Crippen LogP contribution in [-0.2, 0) is 4.79 Å². The third-order valence-corrected chi connectivity index (χ3v) is 2.51. The van der Waals surface area contributed by atoms with Crippen molar-refractivity contribution in [2.75, 3.05) is 25.5 Å². The van der Waals surface area contributed by atoms with Crippen LogP contribution >= 0.6 is 0 Å². The van der Waals surface area contributed by atoms with Crippen LogP contribution in [0.1, 0.15) is 12.5 Å². The number of aromatic nitrogens is 1. The van der Waals surface area contributed by atoms with Gasteiger partial charge in [0.2, 0.25) is 11.7 Å². The van der Waals surface area contributed by atoms with Gasteiger partial charge in [-0.05, 0) is 19.4 Å². The minimum absolute atomic E-state index is 0.0127. The molecule has 0 aliphatic rings. The van der Waals surface area contributed by atoms with E-state index in [-0.39, 0.29) is 24.0 Å². The van der Waals surface area contributed by atoms with Gasteiger partial charge >= 0.3 is 5.69 Å². The summed E-state index contributed by atoms with van der Waals surface area (Å²) in [5.74, 6) is -0.0300. The largest absolute Gasteiger partial charge is 0.355 e. The number of aryl methyl sites for hydroxylation is 1. The summed E-state index contributed by atoms with van der Waals surface area (Å²) >= 11 is 0. The highest BCUT2D eigenvalue weighted by Gasteiger charge is 2.16. The van der Waals surface area contributed by atoms with Crippen molar-refractivity contribution < 1.29 is 9.72 Å². The molecule has 0 spiro atoms. The fourth-order valence-electron chi connectivity index (χ4n) is 1.30. The maximum Gasteiger partial charge on any atom is 0.311 e. The molecule has 0 saturated carbocycles. The molecule has 7 heteroatoms. The van der Waals surface area contributed by atoms with E-state index in [2.05, 4.69) is 10.3 Å². The van der Waals surface area contributed by atoms with Crippen LogP contribution in [0, 0.1) is 17.0 Å². The van der Waals surface area contributed by atoms with Gasteiger partial charge in [0, 0.05) is 25.9 Å². The van der Waals surface area contributed by atoms with E-state index in [0.717, 1.165) is 0 Å². The molecule has 18 heavy (non-hydrogen) atoms. The summed E-state index contributed by atoms with van der Waals surface area (Å²) < 4.78 is 0. The predicted octanol–water partition coefficient (Wildman–Crippen LogP) is 1.19. The highest BCUT2D eigenvalue weighted by Crippen LogP contribution is 2.21. The lowest BCUT2D eigenvalue weighted by Gasteiger charge is -2.14. The molecule has 0 fully saturated rings. The summed E-state index contributed by atoms with van der Waals surface area (Å²) in [4.78, 5) is 27.3. The summed E-state index contributed by atoms with van der Waals surface area (Å²) in [6.07, 6.45) is 1.52. The Balaban J connectivity index is 2.79. The topological polar surface area (TPSA) is 88.4 Å². The van der Waals surface area contributed by atoms with E-state index in [9.17, 15) is 14.9 Å². The predicted molar refractivity (Wildman–Crippen MR) is 67.4 cm³/mol. The first-order valence-corrected chi connectivity index (χ1v) is 5.54. The summed E-state index contributed by atoms with van der Waals surface area (Å²) in [7, 11) is 1.67. The van der Waals surface area contributed by atoms with Gasteiger partial charge in [0.1, 0.15) is 0 Å². The number of amides is 1. The van der Waals surface area contributed by atoms with Gasteiger partial charge in [-0.15, -0.1) is 0 Å². The Hall–Kier alpha value is -2.18. The molecule has 1 N–H and O–H groups in total. The van der Waals surface area contributed by atoms with Gasteiger partial charge in [-0.1, -0.05) is 0 Å². The quantitative estimate of drug-likeness (QED) is 0.628. The van der Waals surface area contributed by atoms with Crippen LogP contribution in [0.15, 0.2) is 12.3 Å². The van der Waals surface area contributed by atoms with E-state index in [1.54, 1.807) is 14.0 Å². The molecule has 1 aromatic heterocycles. The normalized spacial score (nSPS) is 9.94. The molecule has 1 amide bonds. The van der Waals surface area contributed by atoms with Gasteiger partial charge < -0.3 is 10.2 Å². The van der Waals surface area contributed by atoms with E-state index >= 15 is 0 Å². The molecule has 0 bridgehead atoms. The number of likely N-dealkylation sites (N-methyl/N-ethyl adjacent to an activating group) is 1. The average Bonchev–Trinajstić information content (AvgIpc) is 2.35. The van der Waals surface area contributed by atoms with Crippen LogP contribution < -0.4 is 5.32 Å². The molecular formula is C11H16N4O3. The Morgan fingerprint density at radius 3 is 2.83 bits per heavy atom. The fraction of sp³-hybridized carbons (Fsp3) is 0.455. The van der Waals surface area contributed by atoms with E-state index in [4.69, 9.17) is 0 Å². The number of carbonyl (C=O) groups excluding carboxylic acids is 1. The molecule has 0 aliphatic carbocycles. The molecule has 0 aromatic carbocycles. The second-order valence-corrected chi connectivity index (χ2v) is 3.90. The Labute approximate surface area is 105 Å². The first-order chi connectivity index (χ1) is 8.45. The van der Waals surface area contributed by atoms with E-state index in [1.165, 1.54) is 17.2 Å². The fourth-order valence-corrected chi connectivity index (χ4v) is 1.30. The molecule has 98 valence electrons. The molecule has 0 unspecified atom stereocenters. The zero-order chi connectivity index (χ0) is 13.7. The van der Waals surface area contributed by atoms with E-state index in [0.29, 0.717) is 12.1 Å². The van der Waals surface area contributed by atoms with Gasteiger partial charge in [-0.2, -0.15) is 0 Å². The maximum absolute atomic E-state index is 11.6. The summed E-state index contributed by atoms with van der Waals surface area (Å²) in [6, 6.07) is 1.42. The zero-order valence-electron chi connectivity index (χ0n) is 10.6. The number of anilines is 1. The number of nitro groups is 1. The smallest absolute Gasteiger partial charge is 0.311 e. The van der Waals surface area contributed by atoms with E-state index < -0.39 is 4.92 Å². The van der Waals surface area contributed by atoms with Gasteiger partial charge in [0.05, 0.1) is 11.5 Å². The van der Waals surface area contributed by atoms with Crippen LogP contribution in [0.2, 0.25) is 0 Å². The van der Waals surface area contributed by atoms with Crippen LogP contribution in [0.25, 0.3) is 0 Å². The summed E-state index contributed by atoms with van der Waals surface area (Å²) in [5, 5.41) is 13.5. The zero-order valence-corrected chi connectivity index (χ0v) is 10.6. The molecular weight excluding hydrogens is 236 g/mol. The Morgan fingerprint density at radius 2 is 2.28 bits per heavy atom. The van der Waals surface area contributed by atoms with Crippen molar-refractivity contribution in [1.29, 1.82) is 0 Å². The van der Waals surface area contributed by atoms with Crippen molar-refractivity contribution in [3.05, 3.63) is 27.9 Å². The number of rotatable bonds is 5. The third-order valence-electron chi connectivity index (χ3n) is 2.51. The van der Waals surface area contributed by atoms with Crippen molar-refractivity contribution in [2.45, 2.75) is 13.8 Å². The molecule has 0 saturated heterocycles. The molecule has 0 atom stereocenters. The number of hydrogen-bond acceptors (Lipinski definition) is 5. The van der Waals surface area contributed by atoms with Crippen LogP contribution in [-0.4, -0.2) is 40.9 Å². The average molecular weight is 252 g/mol. The lowest BCUT2D eigenvalue weighted by atomic mass is 10.3. The number of nitrogens with one attached hydrogen (secondary N) is 1. The summed E-state index contributed by atoms with van der Waals surface area (Å²) in [6.45, 7) is 4.15. The van der Waals surface area contributed by atoms with Gasteiger partial charge in [-0.25, -0.2) is 4.98 Å². The Bertz CT molecular complexity index is 462. The van der Waals surface area contributed by atoms with Crippen molar-refractivity contribution in [1.82, 2.24) is 9.88 Å². The monoisotopic (exact) mass is 252 g/mol. The SMILES string of the molecule is CCN(C)C(=O)CNc1ncc(C)cc1[N+](=O)[O-]. The first kappa shape index (κ1) is 13.9. The highest BCUT2D eigenvalue weighted by atomic mass is 16.6. The third kappa shape index (κ3) is 3.41. The summed E-state index contributed by atoms with van der Waals surface area (Å²) in [5.41, 5.74) is 0.575. The lowest BCUT2D eigenvalue weighted by Crippen LogP contribution is -2.32. The minimum atomic E-state index is -0.518. The maximum atomic E-state index is 11.6. The van der Waals surface area contributed by atoms with Crippen molar-refractivity contribution in [3.63, 3.8) is 0 Å². The van der Waals surface area contributed by atoms with E-state index in [1.807, 2.05) is 6.92 Å². The molecule has 1 aromatic rings. The number of pyridine rings is 1. The lowest BCUT2D eigenvalue weighted by molar-refractivity contribution is -0.384.